The molecule has 16 heavy (non-hydrogen) atoms. The summed E-state index contributed by atoms with van der Waals surface area (Å²) in [5, 5.41) is 9.00. The van der Waals surface area contributed by atoms with Gasteiger partial charge in [0.05, 0.1) is 17.7 Å². The van der Waals surface area contributed by atoms with Crippen molar-refractivity contribution >= 4 is 5.97 Å². The molecule has 1 N–H and O–H groups in total. The summed E-state index contributed by atoms with van der Waals surface area (Å²) in [6.07, 6.45) is 2.18. The van der Waals surface area contributed by atoms with E-state index in [2.05, 4.69) is 4.98 Å². The number of aromatic nitrogens is 1. The Hall–Kier alpha value is -1.42. The lowest BCUT2D eigenvalue weighted by Crippen LogP contribution is -2.26. The Morgan fingerprint density at radius 1 is 1.50 bits per heavy atom. The van der Waals surface area contributed by atoms with Gasteiger partial charge < -0.3 is 9.84 Å². The minimum Gasteiger partial charge on any atom is -0.481 e. The lowest BCUT2D eigenvalue weighted by atomic mass is 9.86. The van der Waals surface area contributed by atoms with E-state index in [-0.39, 0.29) is 0 Å². The van der Waals surface area contributed by atoms with Crippen molar-refractivity contribution in [1.29, 1.82) is 0 Å². The lowest BCUT2D eigenvalue weighted by molar-refractivity contribution is -0.146. The van der Waals surface area contributed by atoms with Gasteiger partial charge in [-0.2, -0.15) is 0 Å². The number of hydrogen-bond donors (Lipinski definition) is 1. The molecule has 0 bridgehead atoms. The maximum absolute atomic E-state index is 11.0. The van der Waals surface area contributed by atoms with Gasteiger partial charge in [-0.15, -0.1) is 0 Å². The van der Waals surface area contributed by atoms with E-state index in [0.717, 1.165) is 11.3 Å². The van der Waals surface area contributed by atoms with E-state index >= 15 is 0 Å². The second-order valence-electron chi connectivity index (χ2n) is 4.46. The summed E-state index contributed by atoms with van der Waals surface area (Å²) in [4.78, 5) is 15.1. The van der Waals surface area contributed by atoms with Crippen LogP contribution in [0.5, 0.6) is 0 Å². The van der Waals surface area contributed by atoms with Gasteiger partial charge in [-0.1, -0.05) is 6.07 Å². The van der Waals surface area contributed by atoms with Crippen LogP contribution in [0.15, 0.2) is 18.3 Å². The average Bonchev–Trinajstić information content (AvgIpc) is 2.21. The number of nitrogens with zero attached hydrogens (tertiary/aromatic N) is 1. The molecule has 0 aliphatic rings. The molecule has 0 aliphatic heterocycles. The van der Waals surface area contributed by atoms with Gasteiger partial charge in [0.15, 0.2) is 0 Å². The van der Waals surface area contributed by atoms with Crippen molar-refractivity contribution < 1.29 is 14.6 Å². The predicted octanol–water partition coefficient (Wildman–Crippen LogP) is 1.88. The van der Waals surface area contributed by atoms with Crippen LogP contribution in [-0.4, -0.2) is 23.2 Å². The molecule has 0 aliphatic carbocycles. The zero-order valence-electron chi connectivity index (χ0n) is 9.86. The van der Waals surface area contributed by atoms with Crippen molar-refractivity contribution in [2.24, 2.45) is 5.41 Å². The molecule has 0 saturated heterocycles. The summed E-state index contributed by atoms with van der Waals surface area (Å²) < 4.78 is 4.95. The van der Waals surface area contributed by atoms with E-state index < -0.39 is 11.4 Å². The van der Waals surface area contributed by atoms with E-state index in [4.69, 9.17) is 9.84 Å². The first kappa shape index (κ1) is 12.6. The predicted molar refractivity (Wildman–Crippen MR) is 60.1 cm³/mol. The molecule has 0 aromatic carbocycles. The molecule has 1 rings (SSSR count). The monoisotopic (exact) mass is 223 g/mol. The lowest BCUT2D eigenvalue weighted by Gasteiger charge is -2.18. The zero-order chi connectivity index (χ0) is 12.2. The highest BCUT2D eigenvalue weighted by molar-refractivity contribution is 5.74. The van der Waals surface area contributed by atoms with Crippen molar-refractivity contribution in [3.05, 3.63) is 29.6 Å². The van der Waals surface area contributed by atoms with Gasteiger partial charge in [0.1, 0.15) is 0 Å². The van der Waals surface area contributed by atoms with Crippen molar-refractivity contribution in [1.82, 2.24) is 4.98 Å². The zero-order valence-corrected chi connectivity index (χ0v) is 9.86. The van der Waals surface area contributed by atoms with Gasteiger partial charge in [0.2, 0.25) is 0 Å². The van der Waals surface area contributed by atoms with Gasteiger partial charge >= 0.3 is 5.97 Å². The van der Waals surface area contributed by atoms with E-state index in [1.807, 2.05) is 12.1 Å². The minimum atomic E-state index is -0.798. The number of pyridine rings is 1. The van der Waals surface area contributed by atoms with Crippen molar-refractivity contribution in [3.63, 3.8) is 0 Å². The Morgan fingerprint density at radius 2 is 2.19 bits per heavy atom. The highest BCUT2D eigenvalue weighted by Crippen LogP contribution is 2.21. The van der Waals surface area contributed by atoms with Crippen LogP contribution in [0.4, 0.5) is 0 Å². The number of rotatable bonds is 5. The first-order valence-electron chi connectivity index (χ1n) is 5.12. The fraction of sp³-hybridized carbons (Fsp3) is 0.500. The van der Waals surface area contributed by atoms with Crippen LogP contribution in [0.1, 0.15) is 25.1 Å². The summed E-state index contributed by atoms with van der Waals surface area (Å²) in [6.45, 7) is 3.89. The summed E-state index contributed by atoms with van der Waals surface area (Å²) in [5.41, 5.74) is 1.01. The number of aliphatic carboxylic acids is 1. The largest absolute Gasteiger partial charge is 0.481 e. The molecular weight excluding hydrogens is 206 g/mol. The molecule has 4 heteroatoms. The molecule has 4 nitrogen and oxygen atoms in total. The molecule has 0 amide bonds. The highest BCUT2D eigenvalue weighted by atomic mass is 16.5. The summed E-state index contributed by atoms with van der Waals surface area (Å²) >= 11 is 0. The van der Waals surface area contributed by atoms with Crippen molar-refractivity contribution in [2.45, 2.75) is 26.9 Å². The third-order valence-corrected chi connectivity index (χ3v) is 2.40. The van der Waals surface area contributed by atoms with Crippen molar-refractivity contribution in [3.8, 4) is 0 Å². The normalized spacial score (nSPS) is 11.4. The summed E-state index contributed by atoms with van der Waals surface area (Å²) in [6, 6.07) is 3.75. The topological polar surface area (TPSA) is 59.4 Å². The minimum absolute atomic E-state index is 0.475. The molecule has 0 saturated carbocycles. The molecule has 1 aromatic rings. The standard InChI is InChI=1S/C12H17NO3/c1-12(2,11(14)15)6-9-4-5-10(8-16-3)13-7-9/h4-5,7H,6,8H2,1-3H3,(H,14,15). The Kier molecular flexibility index (Phi) is 4.01. The van der Waals surface area contributed by atoms with Crippen LogP contribution in [0.25, 0.3) is 0 Å². The van der Waals surface area contributed by atoms with Crippen LogP contribution in [0.3, 0.4) is 0 Å². The first-order chi connectivity index (χ1) is 7.45. The van der Waals surface area contributed by atoms with Gasteiger partial charge in [0, 0.05) is 13.3 Å². The summed E-state index contributed by atoms with van der Waals surface area (Å²) in [5.74, 6) is -0.798. The number of carboxylic acids is 1. The molecule has 0 atom stereocenters. The Morgan fingerprint density at radius 3 is 2.62 bits per heavy atom. The number of hydrogen-bond acceptors (Lipinski definition) is 3. The van der Waals surface area contributed by atoms with Crippen LogP contribution < -0.4 is 0 Å². The maximum atomic E-state index is 11.0. The molecule has 1 heterocycles. The van der Waals surface area contributed by atoms with Gasteiger partial charge in [-0.05, 0) is 31.9 Å². The highest BCUT2D eigenvalue weighted by Gasteiger charge is 2.27. The Bertz CT molecular complexity index is 357. The van der Waals surface area contributed by atoms with Gasteiger partial charge in [-0.25, -0.2) is 0 Å². The van der Waals surface area contributed by atoms with Crippen LogP contribution in [0, 0.1) is 5.41 Å². The third-order valence-electron chi connectivity index (χ3n) is 2.40. The van der Waals surface area contributed by atoms with Gasteiger partial charge in [-0.3, -0.25) is 9.78 Å². The molecule has 88 valence electrons. The second-order valence-corrected chi connectivity index (χ2v) is 4.46. The van der Waals surface area contributed by atoms with E-state index in [9.17, 15) is 4.79 Å². The quantitative estimate of drug-likeness (QED) is 0.828. The van der Waals surface area contributed by atoms with Crippen LogP contribution >= 0.6 is 0 Å². The molecule has 1 aromatic heterocycles. The van der Waals surface area contributed by atoms with Crippen LogP contribution in [-0.2, 0) is 22.6 Å². The van der Waals surface area contributed by atoms with E-state index in [1.54, 1.807) is 27.2 Å². The molecule has 0 fully saturated rings. The smallest absolute Gasteiger partial charge is 0.309 e. The molecular formula is C12H17NO3. The summed E-state index contributed by atoms with van der Waals surface area (Å²) in [7, 11) is 1.61. The van der Waals surface area contributed by atoms with E-state index in [1.165, 1.54) is 0 Å². The third kappa shape index (κ3) is 3.31. The average molecular weight is 223 g/mol. The van der Waals surface area contributed by atoms with Gasteiger partial charge in [0.25, 0.3) is 0 Å². The first-order valence-corrected chi connectivity index (χ1v) is 5.12. The van der Waals surface area contributed by atoms with Crippen LogP contribution in [0.2, 0.25) is 0 Å². The fourth-order valence-electron chi connectivity index (χ4n) is 1.38. The fourth-order valence-corrected chi connectivity index (χ4v) is 1.38. The van der Waals surface area contributed by atoms with Crippen molar-refractivity contribution in [2.75, 3.05) is 7.11 Å². The second kappa shape index (κ2) is 5.07. The molecule has 0 unspecified atom stereocenters. The number of methoxy groups -OCH3 is 1. The molecule has 0 radical (unpaired) electrons. The maximum Gasteiger partial charge on any atom is 0.309 e. The number of ether oxygens (including phenoxy) is 1. The Labute approximate surface area is 95.3 Å². The van der Waals surface area contributed by atoms with E-state index in [0.29, 0.717) is 13.0 Å². The molecule has 0 spiro atoms. The number of carboxylic acid groups (broad SMARTS) is 1. The SMILES string of the molecule is COCc1ccc(CC(C)(C)C(=O)O)cn1. The number of carbonyl (C=O) groups is 1. The Balaban J connectivity index is 2.72.